The van der Waals surface area contributed by atoms with Crippen LogP contribution >= 0.6 is 0 Å². The van der Waals surface area contributed by atoms with Crippen LogP contribution in [0.15, 0.2) is 70.3 Å². The van der Waals surface area contributed by atoms with Crippen molar-refractivity contribution in [3.05, 3.63) is 98.2 Å². The Morgan fingerprint density at radius 2 is 1.52 bits per heavy atom. The van der Waals surface area contributed by atoms with Gasteiger partial charge >= 0.3 is 17.6 Å². The third kappa shape index (κ3) is 6.90. The molecule has 12 nitrogen and oxygen atoms in total. The Morgan fingerprint density at radius 1 is 0.925 bits per heavy atom. The molecule has 3 rings (SSSR count). The van der Waals surface area contributed by atoms with E-state index in [0.29, 0.717) is 15.7 Å². The number of carbonyl (C=O) groups is 4. The lowest BCUT2D eigenvalue weighted by Gasteiger charge is -2.21. The second-order valence-corrected chi connectivity index (χ2v) is 9.17. The van der Waals surface area contributed by atoms with Crippen LogP contribution in [-0.2, 0) is 32.2 Å². The standard InChI is InChI=1S/C28H30N4O8/c1-17(2)23(30-25(35)19-12-8-5-9-13-19)27(37)40-16-20(33)22-24(29)31(14-18-10-6-4-7-11-18)28(38)32(26(22)36)15-21(34)39-3/h4-13,17,23H,14-16,29H2,1-3H3,(H,30,35). The fourth-order valence-electron chi connectivity index (χ4n) is 3.84. The third-order valence-electron chi connectivity index (χ3n) is 6.03. The number of rotatable bonds is 11. The molecule has 1 aromatic heterocycles. The highest BCUT2D eigenvalue weighted by molar-refractivity contribution is 6.02. The number of anilines is 1. The molecule has 2 aromatic carbocycles. The predicted molar refractivity (Wildman–Crippen MR) is 145 cm³/mol. The number of nitrogens with two attached hydrogens (primary N) is 1. The lowest BCUT2D eigenvalue weighted by atomic mass is 10.0. The number of esters is 2. The van der Waals surface area contributed by atoms with Crippen molar-refractivity contribution in [1.29, 1.82) is 0 Å². The monoisotopic (exact) mass is 550 g/mol. The highest BCUT2D eigenvalue weighted by Crippen LogP contribution is 2.12. The molecular formula is C28H30N4O8. The number of methoxy groups -OCH3 is 1. The summed E-state index contributed by atoms with van der Waals surface area (Å²) in [5, 5.41) is 2.59. The van der Waals surface area contributed by atoms with Gasteiger partial charge in [0, 0.05) is 5.56 Å². The average Bonchev–Trinajstić information content (AvgIpc) is 2.95. The molecule has 0 saturated carbocycles. The van der Waals surface area contributed by atoms with Crippen LogP contribution in [0.1, 0.15) is 40.1 Å². The minimum Gasteiger partial charge on any atom is -0.468 e. The second kappa shape index (κ2) is 13.2. The van der Waals surface area contributed by atoms with Crippen LogP contribution < -0.4 is 22.3 Å². The lowest BCUT2D eigenvalue weighted by molar-refractivity contribution is -0.146. The molecular weight excluding hydrogens is 520 g/mol. The van der Waals surface area contributed by atoms with E-state index in [0.717, 1.165) is 11.7 Å². The van der Waals surface area contributed by atoms with Gasteiger partial charge in [-0.15, -0.1) is 0 Å². The fraction of sp³-hybridized carbons (Fsp3) is 0.286. The first kappa shape index (κ1) is 29.6. The molecule has 0 saturated heterocycles. The molecule has 1 heterocycles. The Bertz CT molecular complexity index is 1510. The zero-order valence-electron chi connectivity index (χ0n) is 22.3. The Balaban J connectivity index is 1.89. The normalized spacial score (nSPS) is 11.5. The smallest absolute Gasteiger partial charge is 0.333 e. The quantitative estimate of drug-likeness (QED) is 0.261. The topological polar surface area (TPSA) is 169 Å². The van der Waals surface area contributed by atoms with Crippen molar-refractivity contribution in [2.45, 2.75) is 33.0 Å². The van der Waals surface area contributed by atoms with E-state index in [2.05, 4.69) is 10.1 Å². The molecule has 0 radical (unpaired) electrons. The molecule has 3 aromatic rings. The number of Topliss-reactive ketones (excluding diaryl/α,β-unsaturated/α-hetero) is 1. The van der Waals surface area contributed by atoms with Crippen LogP contribution in [0.2, 0.25) is 0 Å². The van der Waals surface area contributed by atoms with Crippen molar-refractivity contribution in [3.63, 3.8) is 0 Å². The van der Waals surface area contributed by atoms with Gasteiger partial charge in [-0.3, -0.25) is 23.7 Å². The number of aromatic nitrogens is 2. The molecule has 1 unspecified atom stereocenters. The summed E-state index contributed by atoms with van der Waals surface area (Å²) < 4.78 is 11.3. The molecule has 210 valence electrons. The van der Waals surface area contributed by atoms with E-state index in [-0.39, 0.29) is 6.54 Å². The van der Waals surface area contributed by atoms with Crippen molar-refractivity contribution in [2.24, 2.45) is 5.92 Å². The number of nitrogens with zero attached hydrogens (tertiary/aromatic N) is 2. The summed E-state index contributed by atoms with van der Waals surface area (Å²) >= 11 is 0. The van der Waals surface area contributed by atoms with E-state index < -0.39 is 71.4 Å². The summed E-state index contributed by atoms with van der Waals surface area (Å²) in [5.74, 6) is -4.14. The van der Waals surface area contributed by atoms with E-state index >= 15 is 0 Å². The maximum absolute atomic E-state index is 13.2. The van der Waals surface area contributed by atoms with Gasteiger partial charge < -0.3 is 20.5 Å². The number of ether oxygens (including phenoxy) is 2. The molecule has 12 heteroatoms. The Morgan fingerprint density at radius 3 is 2.10 bits per heavy atom. The maximum Gasteiger partial charge on any atom is 0.333 e. The van der Waals surface area contributed by atoms with Crippen LogP contribution in [0.25, 0.3) is 0 Å². The van der Waals surface area contributed by atoms with E-state index in [9.17, 15) is 28.8 Å². The first-order chi connectivity index (χ1) is 19.0. The number of amides is 1. The molecule has 0 spiro atoms. The van der Waals surface area contributed by atoms with Crippen molar-refractivity contribution in [2.75, 3.05) is 19.5 Å². The molecule has 0 bridgehead atoms. The summed E-state index contributed by atoms with van der Waals surface area (Å²) in [6.45, 7) is 1.60. The predicted octanol–water partition coefficient (Wildman–Crippen LogP) is 0.994. The van der Waals surface area contributed by atoms with Gasteiger partial charge in [-0.05, 0) is 23.6 Å². The molecule has 1 amide bonds. The third-order valence-corrected chi connectivity index (χ3v) is 6.03. The van der Waals surface area contributed by atoms with E-state index in [4.69, 9.17) is 10.5 Å². The second-order valence-electron chi connectivity index (χ2n) is 9.17. The number of ketones is 1. The van der Waals surface area contributed by atoms with Gasteiger partial charge in [0.05, 0.1) is 13.7 Å². The molecule has 0 aliphatic heterocycles. The zero-order chi connectivity index (χ0) is 29.4. The zero-order valence-corrected chi connectivity index (χ0v) is 22.3. The van der Waals surface area contributed by atoms with Crippen LogP contribution in [0.5, 0.6) is 0 Å². The van der Waals surface area contributed by atoms with Crippen LogP contribution in [-0.4, -0.2) is 52.5 Å². The number of hydrogen-bond donors (Lipinski definition) is 2. The summed E-state index contributed by atoms with van der Waals surface area (Å²) in [6, 6.07) is 15.8. The minimum absolute atomic E-state index is 0.103. The SMILES string of the molecule is COC(=O)Cn1c(=O)c(C(=O)COC(=O)C(NC(=O)c2ccccc2)C(C)C)c(N)n(Cc2ccccc2)c1=O. The van der Waals surface area contributed by atoms with Crippen LogP contribution in [0.3, 0.4) is 0 Å². The molecule has 0 fully saturated rings. The summed E-state index contributed by atoms with van der Waals surface area (Å²) in [6.07, 6.45) is 0. The summed E-state index contributed by atoms with van der Waals surface area (Å²) in [7, 11) is 1.08. The first-order valence-electron chi connectivity index (χ1n) is 12.3. The Labute approximate surface area is 229 Å². The number of nitrogens with one attached hydrogen (secondary N) is 1. The molecule has 3 N–H and O–H groups in total. The average molecular weight is 551 g/mol. The van der Waals surface area contributed by atoms with Gasteiger partial charge in [0.1, 0.15) is 24.0 Å². The van der Waals surface area contributed by atoms with Gasteiger partial charge in [0.15, 0.2) is 6.61 Å². The number of benzene rings is 2. The number of hydrogen-bond acceptors (Lipinski definition) is 9. The van der Waals surface area contributed by atoms with Crippen molar-refractivity contribution in [1.82, 2.24) is 14.5 Å². The lowest BCUT2D eigenvalue weighted by Crippen LogP contribution is -2.47. The molecule has 1 atom stereocenters. The summed E-state index contributed by atoms with van der Waals surface area (Å²) in [4.78, 5) is 76.7. The van der Waals surface area contributed by atoms with Crippen molar-refractivity contribution >= 4 is 29.4 Å². The highest BCUT2D eigenvalue weighted by Gasteiger charge is 2.29. The van der Waals surface area contributed by atoms with Crippen LogP contribution in [0, 0.1) is 5.92 Å². The Hall–Kier alpha value is -5.00. The van der Waals surface area contributed by atoms with Crippen LogP contribution in [0.4, 0.5) is 5.82 Å². The number of carbonyl (C=O) groups excluding carboxylic acids is 4. The van der Waals surface area contributed by atoms with Crippen molar-refractivity contribution in [3.8, 4) is 0 Å². The van der Waals surface area contributed by atoms with Gasteiger partial charge in [-0.25, -0.2) is 14.2 Å². The van der Waals surface area contributed by atoms with E-state index in [1.54, 1.807) is 74.5 Å². The van der Waals surface area contributed by atoms with Gasteiger partial charge in [-0.1, -0.05) is 62.4 Å². The van der Waals surface area contributed by atoms with Gasteiger partial charge in [-0.2, -0.15) is 0 Å². The molecule has 0 aliphatic carbocycles. The molecule has 40 heavy (non-hydrogen) atoms. The largest absolute Gasteiger partial charge is 0.468 e. The van der Waals surface area contributed by atoms with E-state index in [1.807, 2.05) is 0 Å². The van der Waals surface area contributed by atoms with Gasteiger partial charge in [0.2, 0.25) is 5.78 Å². The number of nitrogen functional groups attached to an aromatic ring is 1. The minimum atomic E-state index is -1.13. The van der Waals surface area contributed by atoms with Crippen molar-refractivity contribution < 1.29 is 28.7 Å². The van der Waals surface area contributed by atoms with E-state index in [1.165, 1.54) is 0 Å². The maximum atomic E-state index is 13.2. The fourth-order valence-corrected chi connectivity index (χ4v) is 3.84. The molecule has 0 aliphatic rings. The first-order valence-corrected chi connectivity index (χ1v) is 12.3. The Kier molecular flexibility index (Phi) is 9.74. The highest BCUT2D eigenvalue weighted by atomic mass is 16.5. The summed E-state index contributed by atoms with van der Waals surface area (Å²) in [5.41, 5.74) is 4.42. The van der Waals surface area contributed by atoms with Gasteiger partial charge in [0.25, 0.3) is 11.5 Å².